The molecule has 1 atom stereocenters. The van der Waals surface area contributed by atoms with Crippen LogP contribution in [0.2, 0.25) is 0 Å². The van der Waals surface area contributed by atoms with Crippen molar-refractivity contribution in [2.24, 2.45) is 0 Å². The molecule has 0 radical (unpaired) electrons. The van der Waals surface area contributed by atoms with Crippen molar-refractivity contribution in [2.75, 3.05) is 33.4 Å². The zero-order valence-corrected chi connectivity index (χ0v) is 12.3. The van der Waals surface area contributed by atoms with Gasteiger partial charge in [-0.15, -0.1) is 0 Å². The Labute approximate surface area is 116 Å². The fourth-order valence-corrected chi connectivity index (χ4v) is 2.29. The van der Waals surface area contributed by atoms with Gasteiger partial charge in [-0.1, -0.05) is 25.2 Å². The molecule has 0 aromatic rings. The van der Waals surface area contributed by atoms with E-state index in [1.807, 2.05) is 6.92 Å². The minimum atomic E-state index is -0.0356. The third-order valence-electron chi connectivity index (χ3n) is 3.39. The number of carbonyl (C=O) groups excluding carboxylic acids is 1. The van der Waals surface area contributed by atoms with Crippen LogP contribution in [0.5, 0.6) is 0 Å². The molecule has 1 amide bonds. The summed E-state index contributed by atoms with van der Waals surface area (Å²) in [6, 6.07) is 0.159. The standard InChI is InChI=1S/C15H26N2O2/c1-4-6-9-17-10-7-13(8-11-17)14(5-2)16-15(18)12-19-3/h4,6-7,14H,5,8-12H2,1-3H3,(H,16,18)/b6-4+/t14-/m1/s1. The average Bonchev–Trinajstić information content (AvgIpc) is 2.43. The van der Waals surface area contributed by atoms with E-state index in [9.17, 15) is 4.79 Å². The fraction of sp³-hybridized carbons (Fsp3) is 0.667. The van der Waals surface area contributed by atoms with Gasteiger partial charge in [-0.25, -0.2) is 0 Å². The first-order chi connectivity index (χ1) is 9.21. The summed E-state index contributed by atoms with van der Waals surface area (Å²) in [6.07, 6.45) is 8.48. The van der Waals surface area contributed by atoms with Gasteiger partial charge in [-0.2, -0.15) is 0 Å². The Morgan fingerprint density at radius 1 is 1.63 bits per heavy atom. The largest absolute Gasteiger partial charge is 0.375 e. The van der Waals surface area contributed by atoms with Gasteiger partial charge in [-0.05, 0) is 25.3 Å². The highest BCUT2D eigenvalue weighted by atomic mass is 16.5. The lowest BCUT2D eigenvalue weighted by Gasteiger charge is -2.29. The third-order valence-corrected chi connectivity index (χ3v) is 3.39. The highest BCUT2D eigenvalue weighted by molar-refractivity contribution is 5.77. The van der Waals surface area contributed by atoms with Gasteiger partial charge in [0.15, 0.2) is 0 Å². The van der Waals surface area contributed by atoms with Crippen molar-refractivity contribution in [1.82, 2.24) is 10.2 Å². The van der Waals surface area contributed by atoms with Crippen LogP contribution >= 0.6 is 0 Å². The van der Waals surface area contributed by atoms with Gasteiger partial charge in [0, 0.05) is 32.8 Å². The molecule has 1 aliphatic heterocycles. The van der Waals surface area contributed by atoms with E-state index in [-0.39, 0.29) is 18.6 Å². The summed E-state index contributed by atoms with van der Waals surface area (Å²) in [6.45, 7) is 7.32. The number of ether oxygens (including phenoxy) is 1. The molecule has 0 aliphatic carbocycles. The van der Waals surface area contributed by atoms with Gasteiger partial charge >= 0.3 is 0 Å². The maximum atomic E-state index is 11.6. The van der Waals surface area contributed by atoms with Gasteiger partial charge in [0.1, 0.15) is 6.61 Å². The predicted octanol–water partition coefficient (Wildman–Crippen LogP) is 1.74. The number of carbonyl (C=O) groups is 1. The molecule has 0 bridgehead atoms. The molecule has 0 fully saturated rings. The van der Waals surface area contributed by atoms with Crippen LogP contribution in [0.25, 0.3) is 0 Å². The van der Waals surface area contributed by atoms with E-state index in [4.69, 9.17) is 4.74 Å². The molecule has 4 nitrogen and oxygen atoms in total. The molecule has 19 heavy (non-hydrogen) atoms. The van der Waals surface area contributed by atoms with Crippen molar-refractivity contribution in [1.29, 1.82) is 0 Å². The molecule has 1 aliphatic rings. The molecular formula is C15H26N2O2. The summed E-state index contributed by atoms with van der Waals surface area (Å²) in [5.74, 6) is -0.0356. The van der Waals surface area contributed by atoms with Crippen molar-refractivity contribution in [2.45, 2.75) is 32.7 Å². The van der Waals surface area contributed by atoms with Crippen molar-refractivity contribution in [3.05, 3.63) is 23.8 Å². The highest BCUT2D eigenvalue weighted by Crippen LogP contribution is 2.16. The summed E-state index contributed by atoms with van der Waals surface area (Å²) >= 11 is 0. The van der Waals surface area contributed by atoms with E-state index >= 15 is 0 Å². The number of nitrogens with one attached hydrogen (secondary N) is 1. The van der Waals surface area contributed by atoms with Crippen molar-refractivity contribution < 1.29 is 9.53 Å². The quantitative estimate of drug-likeness (QED) is 0.714. The first-order valence-electron chi connectivity index (χ1n) is 7.02. The Bertz CT molecular complexity index is 337. The molecule has 0 unspecified atom stereocenters. The first-order valence-corrected chi connectivity index (χ1v) is 7.02. The monoisotopic (exact) mass is 266 g/mol. The van der Waals surface area contributed by atoms with E-state index in [0.717, 1.165) is 32.5 Å². The Morgan fingerprint density at radius 3 is 2.95 bits per heavy atom. The number of methoxy groups -OCH3 is 1. The third kappa shape index (κ3) is 5.57. The van der Waals surface area contributed by atoms with Crippen molar-refractivity contribution in [3.63, 3.8) is 0 Å². The topological polar surface area (TPSA) is 41.6 Å². The second-order valence-corrected chi connectivity index (χ2v) is 4.82. The molecule has 0 saturated carbocycles. The summed E-state index contributed by atoms with van der Waals surface area (Å²) < 4.78 is 4.85. The summed E-state index contributed by atoms with van der Waals surface area (Å²) in [5.41, 5.74) is 1.35. The highest BCUT2D eigenvalue weighted by Gasteiger charge is 2.18. The lowest BCUT2D eigenvalue weighted by molar-refractivity contribution is -0.125. The van der Waals surface area contributed by atoms with Crippen LogP contribution < -0.4 is 5.32 Å². The minimum absolute atomic E-state index is 0.0356. The molecule has 1 N–H and O–H groups in total. The number of allylic oxidation sites excluding steroid dienone is 1. The van der Waals surface area contributed by atoms with E-state index in [1.54, 1.807) is 7.11 Å². The van der Waals surface area contributed by atoms with Crippen LogP contribution in [0.4, 0.5) is 0 Å². The number of hydrogen-bond donors (Lipinski definition) is 1. The first kappa shape index (κ1) is 15.9. The fourth-order valence-electron chi connectivity index (χ4n) is 2.29. The predicted molar refractivity (Wildman–Crippen MR) is 78.1 cm³/mol. The molecule has 0 spiro atoms. The maximum Gasteiger partial charge on any atom is 0.246 e. The summed E-state index contributed by atoms with van der Waals surface area (Å²) in [5, 5.41) is 3.03. The van der Waals surface area contributed by atoms with Crippen LogP contribution in [0.3, 0.4) is 0 Å². The zero-order valence-electron chi connectivity index (χ0n) is 12.3. The molecule has 0 saturated heterocycles. The van der Waals surface area contributed by atoms with Crippen molar-refractivity contribution >= 4 is 5.91 Å². The van der Waals surface area contributed by atoms with Crippen LogP contribution in [0, 0.1) is 0 Å². The van der Waals surface area contributed by atoms with Gasteiger partial charge in [0.25, 0.3) is 0 Å². The zero-order chi connectivity index (χ0) is 14.1. The second-order valence-electron chi connectivity index (χ2n) is 4.82. The molecular weight excluding hydrogens is 240 g/mol. The molecule has 108 valence electrons. The van der Waals surface area contributed by atoms with Gasteiger partial charge in [0.2, 0.25) is 5.91 Å². The minimum Gasteiger partial charge on any atom is -0.375 e. The van der Waals surface area contributed by atoms with E-state index in [2.05, 4.69) is 35.4 Å². The number of hydrogen-bond acceptors (Lipinski definition) is 3. The molecule has 0 aromatic carbocycles. The number of rotatable bonds is 7. The van der Waals surface area contributed by atoms with E-state index in [0.29, 0.717) is 0 Å². The SMILES string of the molecule is C/C=C/CN1CC=C([C@@H](CC)NC(=O)COC)CC1. The Balaban J connectivity index is 2.49. The molecule has 1 rings (SSSR count). The Kier molecular flexibility index (Phi) is 7.45. The smallest absolute Gasteiger partial charge is 0.246 e. The molecule has 1 heterocycles. The Hall–Kier alpha value is -1.13. The second kappa shape index (κ2) is 8.88. The number of amides is 1. The number of nitrogens with zero attached hydrogens (tertiary/aromatic N) is 1. The van der Waals surface area contributed by atoms with Gasteiger partial charge in [-0.3, -0.25) is 9.69 Å². The van der Waals surface area contributed by atoms with E-state index in [1.165, 1.54) is 5.57 Å². The maximum absolute atomic E-state index is 11.6. The summed E-state index contributed by atoms with van der Waals surface area (Å²) in [7, 11) is 1.54. The Morgan fingerprint density at radius 2 is 2.42 bits per heavy atom. The van der Waals surface area contributed by atoms with Gasteiger partial charge in [0.05, 0.1) is 0 Å². The van der Waals surface area contributed by atoms with Crippen LogP contribution in [-0.2, 0) is 9.53 Å². The lowest BCUT2D eigenvalue weighted by Crippen LogP contribution is -2.40. The van der Waals surface area contributed by atoms with Crippen LogP contribution in [0.1, 0.15) is 26.7 Å². The van der Waals surface area contributed by atoms with Crippen LogP contribution in [-0.4, -0.2) is 50.2 Å². The average molecular weight is 266 g/mol. The van der Waals surface area contributed by atoms with Crippen LogP contribution in [0.15, 0.2) is 23.8 Å². The molecule has 4 heteroatoms. The molecule has 0 aromatic heterocycles. The normalized spacial score (nSPS) is 18.4. The van der Waals surface area contributed by atoms with E-state index < -0.39 is 0 Å². The van der Waals surface area contributed by atoms with Crippen molar-refractivity contribution in [3.8, 4) is 0 Å². The van der Waals surface area contributed by atoms with Gasteiger partial charge < -0.3 is 10.1 Å². The summed E-state index contributed by atoms with van der Waals surface area (Å²) in [4.78, 5) is 14.0. The lowest BCUT2D eigenvalue weighted by atomic mass is 9.98.